The highest BCUT2D eigenvalue weighted by Crippen LogP contribution is 2.40. The summed E-state index contributed by atoms with van der Waals surface area (Å²) in [7, 11) is 0. The van der Waals surface area contributed by atoms with Gasteiger partial charge < -0.3 is 14.2 Å². The van der Waals surface area contributed by atoms with Gasteiger partial charge in [-0.3, -0.25) is 0 Å². The molecule has 0 N–H and O–H groups in total. The molecule has 4 aromatic carbocycles. The van der Waals surface area contributed by atoms with E-state index in [0.717, 1.165) is 61.0 Å². The largest absolute Gasteiger partial charge is 0.458 e. The molecule has 6 aromatic rings. The number of ether oxygens (including phenoxy) is 3. The zero-order valence-corrected chi connectivity index (χ0v) is 23.7. The maximum atomic E-state index is 6.61. The first-order valence-corrected chi connectivity index (χ1v) is 14.5. The average molecular weight is 552 g/mol. The lowest BCUT2D eigenvalue weighted by Crippen LogP contribution is -2.57. The highest BCUT2D eigenvalue weighted by atomic mass is 32.1. The second kappa shape index (κ2) is 8.95. The molecule has 5 nitrogen and oxygen atoms in total. The van der Waals surface area contributed by atoms with Gasteiger partial charge in [-0.1, -0.05) is 45.0 Å². The molecule has 0 unspecified atom stereocenters. The first-order valence-electron chi connectivity index (χ1n) is 13.7. The Labute approximate surface area is 242 Å². The van der Waals surface area contributed by atoms with E-state index in [-0.39, 0.29) is 12.1 Å². The standard InChI is InChI=1S/C34H25BN2O3S/c1-34(2,3)21-17-28-32-29(18-21)40-27-14-12-22(38-31-10-6-7-15-36-31)19-24(27)35(32)23-16-20(11-13-26(23)39-28)33-37-25-8-4-5-9-30(25)41-33/h4-19H,1-3H3. The number of rotatable bonds is 3. The second-order valence-electron chi connectivity index (χ2n) is 11.5. The van der Waals surface area contributed by atoms with Crippen molar-refractivity contribution < 1.29 is 14.2 Å². The van der Waals surface area contributed by atoms with Crippen LogP contribution in [0.4, 0.5) is 0 Å². The molecule has 41 heavy (non-hydrogen) atoms. The first kappa shape index (κ1) is 24.2. The SMILES string of the molecule is CC(C)(C)c1cc2c3c(c1)Oc1ccc(-c4nc5ccccc5s4)cc1B3c1cc(Oc3ccccn3)ccc1O2. The summed E-state index contributed by atoms with van der Waals surface area (Å²) in [6, 6.07) is 30.6. The number of aromatic nitrogens is 2. The molecular weight excluding hydrogens is 527 g/mol. The Bertz CT molecular complexity index is 1930. The quantitative estimate of drug-likeness (QED) is 0.218. The molecule has 7 heteroatoms. The van der Waals surface area contributed by atoms with Crippen LogP contribution in [-0.2, 0) is 5.41 Å². The minimum atomic E-state index is -0.0943. The van der Waals surface area contributed by atoms with Crippen molar-refractivity contribution in [3.8, 4) is 45.2 Å². The fraction of sp³-hybridized carbons (Fsp3) is 0.118. The number of thiazole rings is 1. The van der Waals surface area contributed by atoms with Gasteiger partial charge >= 0.3 is 0 Å². The lowest BCUT2D eigenvalue weighted by Gasteiger charge is -2.35. The maximum absolute atomic E-state index is 6.61. The van der Waals surface area contributed by atoms with Crippen LogP contribution in [0, 0.1) is 0 Å². The molecule has 0 atom stereocenters. The van der Waals surface area contributed by atoms with E-state index >= 15 is 0 Å². The van der Waals surface area contributed by atoms with Gasteiger partial charge in [-0.05, 0) is 82.6 Å². The number of fused-ring (bicyclic) bond motifs is 5. The van der Waals surface area contributed by atoms with E-state index in [1.807, 2.05) is 36.4 Å². The van der Waals surface area contributed by atoms with Gasteiger partial charge in [-0.2, -0.15) is 0 Å². The highest BCUT2D eigenvalue weighted by molar-refractivity contribution is 7.21. The van der Waals surface area contributed by atoms with Gasteiger partial charge in [0.1, 0.15) is 33.8 Å². The van der Waals surface area contributed by atoms with Crippen LogP contribution in [0.5, 0.6) is 34.6 Å². The summed E-state index contributed by atoms with van der Waals surface area (Å²) in [6.07, 6.45) is 1.73. The third-order valence-electron chi connectivity index (χ3n) is 7.71. The fourth-order valence-corrected chi connectivity index (χ4v) is 6.60. The molecule has 0 spiro atoms. The van der Waals surface area contributed by atoms with Crippen LogP contribution in [0.25, 0.3) is 20.8 Å². The molecule has 0 amide bonds. The van der Waals surface area contributed by atoms with E-state index in [1.165, 1.54) is 4.70 Å². The van der Waals surface area contributed by atoms with Gasteiger partial charge in [0.25, 0.3) is 6.71 Å². The maximum Gasteiger partial charge on any atom is 0.260 e. The Morgan fingerprint density at radius 2 is 1.49 bits per heavy atom. The van der Waals surface area contributed by atoms with Gasteiger partial charge in [-0.15, -0.1) is 11.3 Å². The molecule has 0 fully saturated rings. The monoisotopic (exact) mass is 552 g/mol. The molecule has 2 aliphatic rings. The minimum Gasteiger partial charge on any atom is -0.458 e. The van der Waals surface area contributed by atoms with Crippen LogP contribution in [0.2, 0.25) is 0 Å². The summed E-state index contributed by atoms with van der Waals surface area (Å²) < 4.78 is 20.5. The third kappa shape index (κ3) is 4.07. The van der Waals surface area contributed by atoms with Crippen molar-refractivity contribution in [3.05, 3.63) is 103 Å². The molecule has 0 saturated carbocycles. The van der Waals surface area contributed by atoms with Crippen LogP contribution < -0.4 is 30.6 Å². The summed E-state index contributed by atoms with van der Waals surface area (Å²) in [5.74, 6) is 4.57. The van der Waals surface area contributed by atoms with Crippen molar-refractivity contribution in [1.82, 2.24) is 9.97 Å². The van der Waals surface area contributed by atoms with Gasteiger partial charge in [0.05, 0.1) is 10.2 Å². The van der Waals surface area contributed by atoms with E-state index in [0.29, 0.717) is 11.6 Å². The number of nitrogens with zero attached hydrogens (tertiary/aromatic N) is 2. The molecule has 2 aromatic heterocycles. The number of pyridine rings is 1. The first-order chi connectivity index (χ1) is 19.9. The summed E-state index contributed by atoms with van der Waals surface area (Å²) in [5, 5.41) is 0.989. The van der Waals surface area contributed by atoms with E-state index in [2.05, 4.69) is 80.4 Å². The molecule has 2 aliphatic heterocycles. The molecule has 0 radical (unpaired) electrons. The van der Waals surface area contributed by atoms with Crippen molar-refractivity contribution >= 4 is 44.7 Å². The van der Waals surface area contributed by atoms with Crippen LogP contribution in [-0.4, -0.2) is 16.7 Å². The molecule has 0 bridgehead atoms. The van der Waals surface area contributed by atoms with E-state index in [1.54, 1.807) is 17.5 Å². The molecule has 198 valence electrons. The zero-order chi connectivity index (χ0) is 27.7. The zero-order valence-electron chi connectivity index (χ0n) is 22.8. The lowest BCUT2D eigenvalue weighted by molar-refractivity contribution is 0.451. The smallest absolute Gasteiger partial charge is 0.260 e. The van der Waals surface area contributed by atoms with Gasteiger partial charge in [0.15, 0.2) is 0 Å². The van der Waals surface area contributed by atoms with Gasteiger partial charge in [0, 0.05) is 23.3 Å². The minimum absolute atomic E-state index is 0.0641. The molecular formula is C34H25BN2O3S. The number of para-hydroxylation sites is 1. The van der Waals surface area contributed by atoms with Gasteiger partial charge in [0.2, 0.25) is 5.88 Å². The van der Waals surface area contributed by atoms with Crippen molar-refractivity contribution in [1.29, 1.82) is 0 Å². The lowest BCUT2D eigenvalue weighted by atomic mass is 9.34. The highest BCUT2D eigenvalue weighted by Gasteiger charge is 2.41. The van der Waals surface area contributed by atoms with Crippen LogP contribution in [0.1, 0.15) is 26.3 Å². The summed E-state index contributed by atoms with van der Waals surface area (Å²) in [6.45, 7) is 6.52. The van der Waals surface area contributed by atoms with Gasteiger partial charge in [-0.25, -0.2) is 9.97 Å². The number of hydrogen-bond acceptors (Lipinski definition) is 6. The van der Waals surface area contributed by atoms with Crippen molar-refractivity contribution in [3.63, 3.8) is 0 Å². The summed E-state index contributed by atoms with van der Waals surface area (Å²) >= 11 is 1.70. The van der Waals surface area contributed by atoms with Crippen LogP contribution >= 0.6 is 11.3 Å². The van der Waals surface area contributed by atoms with Crippen molar-refractivity contribution in [2.24, 2.45) is 0 Å². The van der Waals surface area contributed by atoms with Crippen molar-refractivity contribution in [2.75, 3.05) is 0 Å². The Balaban J connectivity index is 1.31. The predicted molar refractivity (Wildman–Crippen MR) is 166 cm³/mol. The van der Waals surface area contributed by atoms with Crippen LogP contribution in [0.15, 0.2) is 97.2 Å². The van der Waals surface area contributed by atoms with E-state index in [9.17, 15) is 0 Å². The Hall–Kier alpha value is -4.62. The third-order valence-corrected chi connectivity index (χ3v) is 8.80. The van der Waals surface area contributed by atoms with Crippen LogP contribution in [0.3, 0.4) is 0 Å². The van der Waals surface area contributed by atoms with E-state index in [4.69, 9.17) is 19.2 Å². The Morgan fingerprint density at radius 3 is 2.22 bits per heavy atom. The Morgan fingerprint density at radius 1 is 0.756 bits per heavy atom. The van der Waals surface area contributed by atoms with Crippen molar-refractivity contribution in [2.45, 2.75) is 26.2 Å². The second-order valence-corrected chi connectivity index (χ2v) is 12.5. The molecule has 0 aliphatic carbocycles. The Kier molecular flexibility index (Phi) is 5.28. The summed E-state index contributed by atoms with van der Waals surface area (Å²) in [4.78, 5) is 9.27. The fourth-order valence-electron chi connectivity index (χ4n) is 5.64. The number of benzene rings is 4. The van der Waals surface area contributed by atoms with E-state index < -0.39 is 0 Å². The topological polar surface area (TPSA) is 53.5 Å². The molecule has 8 rings (SSSR count). The average Bonchev–Trinajstić information content (AvgIpc) is 3.41. The normalized spacial score (nSPS) is 13.1. The molecule has 0 saturated heterocycles. The summed E-state index contributed by atoms with van der Waals surface area (Å²) in [5.41, 5.74) is 6.33. The predicted octanol–water partition coefficient (Wildman–Crippen LogP) is 7.18. The molecule has 4 heterocycles. The number of hydrogen-bond donors (Lipinski definition) is 0.